The summed E-state index contributed by atoms with van der Waals surface area (Å²) in [6, 6.07) is 16.2. The van der Waals surface area contributed by atoms with E-state index in [1.165, 1.54) is 12.0 Å². The number of ketones is 1. The Balaban J connectivity index is 1.32. The summed E-state index contributed by atoms with van der Waals surface area (Å²) in [5.74, 6) is 2.17. The second-order valence-corrected chi connectivity index (χ2v) is 6.73. The van der Waals surface area contributed by atoms with Crippen LogP contribution in [0.15, 0.2) is 48.5 Å². The van der Waals surface area contributed by atoms with E-state index in [9.17, 15) is 4.79 Å². The molecule has 0 saturated carbocycles. The van der Waals surface area contributed by atoms with Gasteiger partial charge in [0.05, 0.1) is 0 Å². The second kappa shape index (κ2) is 7.28. The summed E-state index contributed by atoms with van der Waals surface area (Å²) in [4.78, 5) is 14.9. The molecule has 25 heavy (non-hydrogen) atoms. The Morgan fingerprint density at radius 1 is 1.04 bits per heavy atom. The Morgan fingerprint density at radius 3 is 2.68 bits per heavy atom. The number of rotatable bonds is 5. The number of nitrogens with zero attached hydrogens (tertiary/aromatic N) is 1. The molecule has 4 rings (SSSR count). The van der Waals surface area contributed by atoms with Gasteiger partial charge in [-0.05, 0) is 42.6 Å². The molecule has 2 aromatic carbocycles. The number of carbonyl (C=O) groups excluding carboxylic acids is 1. The van der Waals surface area contributed by atoms with Crippen molar-refractivity contribution in [2.45, 2.75) is 18.8 Å². The summed E-state index contributed by atoms with van der Waals surface area (Å²) in [5, 5.41) is 0. The highest BCUT2D eigenvalue weighted by Crippen LogP contribution is 2.31. The van der Waals surface area contributed by atoms with Crippen LogP contribution in [0.1, 0.15) is 34.7 Å². The Hall–Kier alpha value is -2.33. The van der Waals surface area contributed by atoms with Gasteiger partial charge < -0.3 is 14.4 Å². The molecule has 1 fully saturated rings. The van der Waals surface area contributed by atoms with Crippen molar-refractivity contribution in [3.63, 3.8) is 0 Å². The molecule has 0 unspecified atom stereocenters. The minimum atomic E-state index is 0.167. The first kappa shape index (κ1) is 16.2. The molecule has 1 saturated heterocycles. The van der Waals surface area contributed by atoms with Gasteiger partial charge in [0.2, 0.25) is 0 Å². The van der Waals surface area contributed by atoms with Crippen LogP contribution >= 0.6 is 0 Å². The summed E-state index contributed by atoms with van der Waals surface area (Å²) < 4.78 is 11.1. The van der Waals surface area contributed by atoms with E-state index in [1.54, 1.807) is 0 Å². The Morgan fingerprint density at radius 2 is 1.84 bits per heavy atom. The van der Waals surface area contributed by atoms with Crippen LogP contribution in [0.25, 0.3) is 0 Å². The zero-order valence-electron chi connectivity index (χ0n) is 14.3. The average molecular weight is 337 g/mol. The molecule has 0 bridgehead atoms. The molecule has 4 nitrogen and oxygen atoms in total. The fourth-order valence-corrected chi connectivity index (χ4v) is 3.65. The molecule has 0 spiro atoms. The van der Waals surface area contributed by atoms with E-state index in [-0.39, 0.29) is 5.78 Å². The zero-order chi connectivity index (χ0) is 17.1. The van der Waals surface area contributed by atoms with Crippen molar-refractivity contribution in [2.75, 3.05) is 32.8 Å². The molecule has 130 valence electrons. The molecule has 2 heterocycles. The number of carbonyl (C=O) groups is 1. The lowest BCUT2D eigenvalue weighted by Crippen LogP contribution is -2.23. The molecule has 2 aromatic rings. The molecule has 0 amide bonds. The van der Waals surface area contributed by atoms with Crippen molar-refractivity contribution >= 4 is 5.78 Å². The van der Waals surface area contributed by atoms with Crippen LogP contribution in [0.2, 0.25) is 0 Å². The van der Waals surface area contributed by atoms with Crippen molar-refractivity contribution in [3.8, 4) is 11.5 Å². The van der Waals surface area contributed by atoms with Crippen LogP contribution in [0.3, 0.4) is 0 Å². The molecule has 4 heteroatoms. The van der Waals surface area contributed by atoms with Crippen molar-refractivity contribution in [2.24, 2.45) is 0 Å². The van der Waals surface area contributed by atoms with E-state index < -0.39 is 0 Å². The zero-order valence-corrected chi connectivity index (χ0v) is 14.3. The highest BCUT2D eigenvalue weighted by atomic mass is 16.6. The van der Waals surface area contributed by atoms with Gasteiger partial charge in [-0.2, -0.15) is 0 Å². The fraction of sp³-hybridized carbons (Fsp3) is 0.381. The maximum atomic E-state index is 12.5. The van der Waals surface area contributed by atoms with E-state index >= 15 is 0 Å². The number of fused-ring (bicyclic) bond motifs is 1. The molecule has 0 N–H and O–H groups in total. The summed E-state index contributed by atoms with van der Waals surface area (Å²) in [6.45, 7) is 4.03. The van der Waals surface area contributed by atoms with Gasteiger partial charge >= 0.3 is 0 Å². The fourth-order valence-electron chi connectivity index (χ4n) is 3.65. The Kier molecular flexibility index (Phi) is 4.70. The molecule has 2 aliphatic heterocycles. The highest BCUT2D eigenvalue weighted by molar-refractivity contribution is 5.96. The number of hydrogen-bond acceptors (Lipinski definition) is 4. The smallest absolute Gasteiger partial charge is 0.164 e. The molecule has 1 atom stereocenters. The lowest BCUT2D eigenvalue weighted by atomic mass is 9.99. The number of benzene rings is 2. The van der Waals surface area contributed by atoms with Gasteiger partial charge in [0, 0.05) is 25.1 Å². The number of hydrogen-bond donors (Lipinski definition) is 0. The monoisotopic (exact) mass is 337 g/mol. The molecule has 0 radical (unpaired) electrons. The van der Waals surface area contributed by atoms with Crippen LogP contribution in [0, 0.1) is 0 Å². The quantitative estimate of drug-likeness (QED) is 0.783. The van der Waals surface area contributed by atoms with Gasteiger partial charge in [0.1, 0.15) is 13.2 Å². The average Bonchev–Trinajstić information content (AvgIpc) is 3.15. The maximum Gasteiger partial charge on any atom is 0.164 e. The van der Waals surface area contributed by atoms with Gasteiger partial charge in [0.15, 0.2) is 17.3 Å². The maximum absolute atomic E-state index is 12.5. The van der Waals surface area contributed by atoms with Crippen LogP contribution in [0.4, 0.5) is 0 Å². The SMILES string of the molecule is O=C(CCN1CC[C@@H](c2ccccc2)C1)c1ccc2c(c1)OCCO2. The van der Waals surface area contributed by atoms with Crippen LogP contribution in [-0.4, -0.2) is 43.5 Å². The molecular formula is C21H23NO3. The topological polar surface area (TPSA) is 38.8 Å². The standard InChI is InChI=1S/C21H23NO3/c23-19(17-6-7-20-21(14-17)25-13-12-24-20)9-11-22-10-8-18(15-22)16-4-2-1-3-5-16/h1-7,14,18H,8-13,15H2/t18-/m1/s1. The van der Waals surface area contributed by atoms with Gasteiger partial charge in [-0.1, -0.05) is 30.3 Å². The van der Waals surface area contributed by atoms with E-state index in [4.69, 9.17) is 9.47 Å². The second-order valence-electron chi connectivity index (χ2n) is 6.73. The summed E-state index contributed by atoms with van der Waals surface area (Å²) in [7, 11) is 0. The Bertz CT molecular complexity index is 744. The third kappa shape index (κ3) is 3.69. The number of likely N-dealkylation sites (tertiary alicyclic amines) is 1. The largest absolute Gasteiger partial charge is 0.486 e. The van der Waals surface area contributed by atoms with Crippen LogP contribution < -0.4 is 9.47 Å². The third-order valence-electron chi connectivity index (χ3n) is 5.06. The van der Waals surface area contributed by atoms with E-state index in [0.29, 0.717) is 36.9 Å². The molecule has 2 aliphatic rings. The van der Waals surface area contributed by atoms with Gasteiger partial charge in [-0.15, -0.1) is 0 Å². The number of ether oxygens (including phenoxy) is 2. The number of Topliss-reactive ketones (excluding diaryl/α,β-unsaturated/α-hetero) is 1. The van der Waals surface area contributed by atoms with Gasteiger partial charge in [-0.3, -0.25) is 4.79 Å². The van der Waals surface area contributed by atoms with Crippen LogP contribution in [-0.2, 0) is 0 Å². The van der Waals surface area contributed by atoms with Crippen molar-refractivity contribution < 1.29 is 14.3 Å². The first-order valence-electron chi connectivity index (χ1n) is 9.00. The first-order valence-corrected chi connectivity index (χ1v) is 9.00. The lowest BCUT2D eigenvalue weighted by Gasteiger charge is -2.19. The predicted octanol–water partition coefficient (Wildman–Crippen LogP) is 3.52. The highest BCUT2D eigenvalue weighted by Gasteiger charge is 2.24. The molecule has 0 aliphatic carbocycles. The van der Waals surface area contributed by atoms with Crippen LogP contribution in [0.5, 0.6) is 11.5 Å². The molecule has 0 aromatic heterocycles. The normalized spacial score (nSPS) is 19.8. The summed E-state index contributed by atoms with van der Waals surface area (Å²) >= 11 is 0. The third-order valence-corrected chi connectivity index (χ3v) is 5.06. The Labute approximate surface area is 148 Å². The van der Waals surface area contributed by atoms with Gasteiger partial charge in [0.25, 0.3) is 0 Å². The van der Waals surface area contributed by atoms with E-state index in [2.05, 4.69) is 35.2 Å². The summed E-state index contributed by atoms with van der Waals surface area (Å²) in [6.07, 6.45) is 1.71. The minimum absolute atomic E-state index is 0.167. The van der Waals surface area contributed by atoms with Crippen molar-refractivity contribution in [3.05, 3.63) is 59.7 Å². The van der Waals surface area contributed by atoms with Crippen molar-refractivity contribution in [1.82, 2.24) is 4.90 Å². The minimum Gasteiger partial charge on any atom is -0.486 e. The summed E-state index contributed by atoms with van der Waals surface area (Å²) in [5.41, 5.74) is 2.12. The lowest BCUT2D eigenvalue weighted by molar-refractivity contribution is 0.0967. The van der Waals surface area contributed by atoms with Gasteiger partial charge in [-0.25, -0.2) is 0 Å². The van der Waals surface area contributed by atoms with E-state index in [1.807, 2.05) is 18.2 Å². The van der Waals surface area contributed by atoms with Crippen molar-refractivity contribution in [1.29, 1.82) is 0 Å². The predicted molar refractivity (Wildman–Crippen MR) is 96.6 cm³/mol. The molecular weight excluding hydrogens is 314 g/mol. The van der Waals surface area contributed by atoms with E-state index in [0.717, 1.165) is 25.4 Å². The first-order chi connectivity index (χ1) is 12.3.